The van der Waals surface area contributed by atoms with Crippen molar-refractivity contribution in [1.29, 1.82) is 0 Å². The van der Waals surface area contributed by atoms with Gasteiger partial charge in [0.25, 0.3) is 0 Å². The Morgan fingerprint density at radius 3 is 2.56 bits per heavy atom. The molecule has 1 fully saturated rings. The standard InChI is InChI=1S/C13H24ClNO/c1-9(2)12(7-8-14)15-13(16)11-6-4-5-10(11)3/h9-12H,4-8H2,1-3H3,(H,15,16). The van der Waals surface area contributed by atoms with E-state index < -0.39 is 0 Å². The molecule has 1 rings (SSSR count). The first-order valence-electron chi connectivity index (χ1n) is 6.42. The van der Waals surface area contributed by atoms with Crippen molar-refractivity contribution in [2.75, 3.05) is 5.88 Å². The summed E-state index contributed by atoms with van der Waals surface area (Å²) in [5.41, 5.74) is 0. The monoisotopic (exact) mass is 245 g/mol. The summed E-state index contributed by atoms with van der Waals surface area (Å²) in [7, 11) is 0. The summed E-state index contributed by atoms with van der Waals surface area (Å²) in [6.45, 7) is 6.45. The van der Waals surface area contributed by atoms with Crippen molar-refractivity contribution < 1.29 is 4.79 Å². The fraction of sp³-hybridized carbons (Fsp3) is 0.923. The first-order chi connectivity index (χ1) is 7.56. The van der Waals surface area contributed by atoms with Crippen molar-refractivity contribution in [3.63, 3.8) is 0 Å². The maximum Gasteiger partial charge on any atom is 0.223 e. The van der Waals surface area contributed by atoms with Gasteiger partial charge in [0.1, 0.15) is 0 Å². The van der Waals surface area contributed by atoms with Crippen LogP contribution in [0.1, 0.15) is 46.5 Å². The van der Waals surface area contributed by atoms with Crippen LogP contribution < -0.4 is 5.32 Å². The number of nitrogens with one attached hydrogen (secondary N) is 1. The first-order valence-corrected chi connectivity index (χ1v) is 6.96. The summed E-state index contributed by atoms with van der Waals surface area (Å²) < 4.78 is 0. The lowest BCUT2D eigenvalue weighted by Gasteiger charge is -2.24. The average Bonchev–Trinajstić information content (AvgIpc) is 2.63. The van der Waals surface area contributed by atoms with Crippen molar-refractivity contribution in [2.24, 2.45) is 17.8 Å². The number of carbonyl (C=O) groups excluding carboxylic acids is 1. The number of halogens is 1. The molecule has 0 aromatic heterocycles. The van der Waals surface area contributed by atoms with E-state index in [4.69, 9.17) is 11.6 Å². The molecule has 3 heteroatoms. The molecule has 2 nitrogen and oxygen atoms in total. The average molecular weight is 246 g/mol. The molecular formula is C13H24ClNO. The van der Waals surface area contributed by atoms with E-state index in [-0.39, 0.29) is 17.9 Å². The van der Waals surface area contributed by atoms with E-state index in [2.05, 4.69) is 26.1 Å². The van der Waals surface area contributed by atoms with Crippen molar-refractivity contribution in [3.05, 3.63) is 0 Å². The first kappa shape index (κ1) is 13.8. The molecule has 3 unspecified atom stereocenters. The molecule has 0 heterocycles. The number of rotatable bonds is 5. The topological polar surface area (TPSA) is 29.1 Å². The molecule has 0 aromatic rings. The van der Waals surface area contributed by atoms with Crippen LogP contribution in [0.15, 0.2) is 0 Å². The lowest BCUT2D eigenvalue weighted by molar-refractivity contribution is -0.126. The summed E-state index contributed by atoms with van der Waals surface area (Å²) in [4.78, 5) is 12.1. The lowest BCUT2D eigenvalue weighted by atomic mass is 9.95. The normalized spacial score (nSPS) is 27.1. The van der Waals surface area contributed by atoms with Gasteiger partial charge in [-0.15, -0.1) is 11.6 Å². The van der Waals surface area contributed by atoms with E-state index in [1.54, 1.807) is 0 Å². The minimum atomic E-state index is 0.233. The molecule has 3 atom stereocenters. The molecule has 1 aliphatic rings. The Morgan fingerprint density at radius 2 is 2.12 bits per heavy atom. The van der Waals surface area contributed by atoms with Crippen molar-refractivity contribution in [1.82, 2.24) is 5.32 Å². The van der Waals surface area contributed by atoms with Crippen molar-refractivity contribution in [3.8, 4) is 0 Å². The molecule has 1 N–H and O–H groups in total. The van der Waals surface area contributed by atoms with E-state index in [1.165, 1.54) is 12.8 Å². The van der Waals surface area contributed by atoms with Gasteiger partial charge in [0, 0.05) is 17.8 Å². The number of amides is 1. The Morgan fingerprint density at radius 1 is 1.44 bits per heavy atom. The number of alkyl halides is 1. The van der Waals surface area contributed by atoms with Gasteiger partial charge in [0.15, 0.2) is 0 Å². The minimum absolute atomic E-state index is 0.233. The van der Waals surface area contributed by atoms with Crippen LogP contribution in [0.4, 0.5) is 0 Å². The van der Waals surface area contributed by atoms with Gasteiger partial charge in [0.05, 0.1) is 0 Å². The highest BCUT2D eigenvalue weighted by atomic mass is 35.5. The van der Waals surface area contributed by atoms with E-state index in [1.807, 2.05) is 0 Å². The van der Waals surface area contributed by atoms with Gasteiger partial charge in [0.2, 0.25) is 5.91 Å². The van der Waals surface area contributed by atoms with Gasteiger partial charge in [-0.2, -0.15) is 0 Å². The van der Waals surface area contributed by atoms with Crippen LogP contribution in [0.3, 0.4) is 0 Å². The van der Waals surface area contributed by atoms with Gasteiger partial charge in [-0.3, -0.25) is 4.79 Å². The fourth-order valence-electron chi connectivity index (χ4n) is 2.51. The van der Waals surface area contributed by atoms with Gasteiger partial charge in [-0.25, -0.2) is 0 Å². The van der Waals surface area contributed by atoms with E-state index in [9.17, 15) is 4.79 Å². The van der Waals surface area contributed by atoms with Crippen molar-refractivity contribution in [2.45, 2.75) is 52.5 Å². The van der Waals surface area contributed by atoms with E-state index in [0.29, 0.717) is 17.7 Å². The largest absolute Gasteiger partial charge is 0.353 e. The zero-order valence-electron chi connectivity index (χ0n) is 10.6. The van der Waals surface area contributed by atoms with Gasteiger partial charge in [-0.1, -0.05) is 27.2 Å². The molecule has 1 amide bonds. The zero-order chi connectivity index (χ0) is 12.1. The van der Waals surface area contributed by atoms with Gasteiger partial charge in [-0.05, 0) is 31.1 Å². The molecule has 0 spiro atoms. The minimum Gasteiger partial charge on any atom is -0.353 e. The predicted molar refractivity (Wildman–Crippen MR) is 68.6 cm³/mol. The van der Waals surface area contributed by atoms with Gasteiger partial charge >= 0.3 is 0 Å². The summed E-state index contributed by atoms with van der Waals surface area (Å²) in [6.07, 6.45) is 4.31. The molecule has 1 saturated carbocycles. The van der Waals surface area contributed by atoms with Crippen LogP contribution in [0.25, 0.3) is 0 Å². The van der Waals surface area contributed by atoms with Crippen LogP contribution in [-0.2, 0) is 4.79 Å². The van der Waals surface area contributed by atoms with Gasteiger partial charge < -0.3 is 5.32 Å². The maximum absolute atomic E-state index is 12.1. The van der Waals surface area contributed by atoms with Crippen LogP contribution in [0.5, 0.6) is 0 Å². The SMILES string of the molecule is CC(C)C(CCCl)NC(=O)C1CCCC1C. The van der Waals surface area contributed by atoms with E-state index >= 15 is 0 Å². The Bertz CT molecular complexity index is 230. The second kappa shape index (κ2) is 6.48. The predicted octanol–water partition coefficient (Wildman–Crippen LogP) is 3.19. The summed E-state index contributed by atoms with van der Waals surface area (Å²) in [5, 5.41) is 3.17. The molecule has 0 aliphatic heterocycles. The van der Waals surface area contributed by atoms with Crippen LogP contribution >= 0.6 is 11.6 Å². The Balaban J connectivity index is 2.47. The number of hydrogen-bond donors (Lipinski definition) is 1. The molecule has 94 valence electrons. The molecule has 0 saturated heterocycles. The molecule has 0 aromatic carbocycles. The summed E-state index contributed by atoms with van der Waals surface area (Å²) in [5.74, 6) is 2.09. The van der Waals surface area contributed by atoms with Crippen molar-refractivity contribution >= 4 is 17.5 Å². The smallest absolute Gasteiger partial charge is 0.223 e. The zero-order valence-corrected chi connectivity index (χ0v) is 11.4. The van der Waals surface area contributed by atoms with Crippen LogP contribution in [0, 0.1) is 17.8 Å². The number of hydrogen-bond acceptors (Lipinski definition) is 1. The fourth-order valence-corrected chi connectivity index (χ4v) is 2.75. The third-order valence-electron chi connectivity index (χ3n) is 3.75. The quantitative estimate of drug-likeness (QED) is 0.741. The second-order valence-corrected chi connectivity index (χ2v) is 5.73. The molecule has 16 heavy (non-hydrogen) atoms. The lowest BCUT2D eigenvalue weighted by Crippen LogP contribution is -2.42. The molecular weight excluding hydrogens is 222 g/mol. The Kier molecular flexibility index (Phi) is 5.60. The summed E-state index contributed by atoms with van der Waals surface area (Å²) in [6, 6.07) is 0.234. The van der Waals surface area contributed by atoms with Crippen LogP contribution in [0.2, 0.25) is 0 Å². The molecule has 0 bridgehead atoms. The Hall–Kier alpha value is -0.240. The third kappa shape index (κ3) is 3.65. The molecule has 0 radical (unpaired) electrons. The van der Waals surface area contributed by atoms with E-state index in [0.717, 1.165) is 12.8 Å². The highest BCUT2D eigenvalue weighted by Crippen LogP contribution is 2.31. The Labute approximate surface area is 104 Å². The maximum atomic E-state index is 12.1. The highest BCUT2D eigenvalue weighted by molar-refractivity contribution is 6.17. The molecule has 1 aliphatic carbocycles. The summed E-state index contributed by atoms with van der Waals surface area (Å²) >= 11 is 5.76. The number of carbonyl (C=O) groups is 1. The van der Waals surface area contributed by atoms with Crippen LogP contribution in [-0.4, -0.2) is 17.8 Å². The highest BCUT2D eigenvalue weighted by Gasteiger charge is 2.31. The third-order valence-corrected chi connectivity index (χ3v) is 3.97. The second-order valence-electron chi connectivity index (χ2n) is 5.35.